The third-order valence-corrected chi connectivity index (χ3v) is 2.87. The van der Waals surface area contributed by atoms with Gasteiger partial charge in [0.05, 0.1) is 11.4 Å². The van der Waals surface area contributed by atoms with Gasteiger partial charge in [0, 0.05) is 5.54 Å². The number of rotatable bonds is 4. The maximum Gasteiger partial charge on any atom is 0.227 e. The molecule has 0 unspecified atom stereocenters. The Morgan fingerprint density at radius 3 is 2.54 bits per heavy atom. The second-order valence-electron chi connectivity index (χ2n) is 3.68. The number of hydrogen-bond acceptors (Lipinski definition) is 2. The van der Waals surface area contributed by atoms with Gasteiger partial charge in [-0.25, -0.2) is 0 Å². The zero-order chi connectivity index (χ0) is 9.90. The quantitative estimate of drug-likeness (QED) is 0.668. The second kappa shape index (κ2) is 4.05. The molecule has 1 aliphatic carbocycles. The van der Waals surface area contributed by atoms with Gasteiger partial charge in [0.25, 0.3) is 0 Å². The van der Waals surface area contributed by atoms with Crippen LogP contribution in [0.1, 0.15) is 39.0 Å². The monoisotopic (exact) mass is 200 g/mol. The predicted molar refractivity (Wildman–Crippen MR) is 56.4 cm³/mol. The molecular formula is C9H16N2OS. The summed E-state index contributed by atoms with van der Waals surface area (Å²) < 4.78 is 0. The summed E-state index contributed by atoms with van der Waals surface area (Å²) in [4.78, 5) is 11.6. The number of amides is 1. The van der Waals surface area contributed by atoms with E-state index in [0.717, 1.165) is 19.3 Å². The van der Waals surface area contributed by atoms with E-state index in [-0.39, 0.29) is 22.9 Å². The minimum absolute atomic E-state index is 0.0333. The van der Waals surface area contributed by atoms with Gasteiger partial charge in [-0.15, -0.1) is 0 Å². The van der Waals surface area contributed by atoms with Crippen LogP contribution in [0.25, 0.3) is 0 Å². The second-order valence-corrected chi connectivity index (χ2v) is 4.20. The fraction of sp³-hybridized carbons (Fsp3) is 0.778. The summed E-state index contributed by atoms with van der Waals surface area (Å²) in [5.74, 6) is -0.0333. The van der Waals surface area contributed by atoms with Crippen LogP contribution in [0.15, 0.2) is 0 Å². The van der Waals surface area contributed by atoms with Gasteiger partial charge < -0.3 is 11.1 Å². The van der Waals surface area contributed by atoms with E-state index in [9.17, 15) is 4.79 Å². The van der Waals surface area contributed by atoms with Gasteiger partial charge in [-0.05, 0) is 25.7 Å². The van der Waals surface area contributed by atoms with Gasteiger partial charge in [-0.3, -0.25) is 4.79 Å². The molecule has 0 heterocycles. The highest BCUT2D eigenvalue weighted by atomic mass is 32.1. The molecule has 3 nitrogen and oxygen atoms in total. The molecule has 0 aromatic rings. The molecule has 0 aromatic heterocycles. The first kappa shape index (κ1) is 10.4. The van der Waals surface area contributed by atoms with Gasteiger partial charge >= 0.3 is 0 Å². The summed E-state index contributed by atoms with van der Waals surface area (Å²) in [7, 11) is 0. The fourth-order valence-electron chi connectivity index (χ4n) is 1.67. The summed E-state index contributed by atoms with van der Waals surface area (Å²) in [6.07, 6.45) is 4.56. The van der Waals surface area contributed by atoms with E-state index in [1.807, 2.05) is 0 Å². The first-order chi connectivity index (χ1) is 6.08. The summed E-state index contributed by atoms with van der Waals surface area (Å²) >= 11 is 4.67. The lowest BCUT2D eigenvalue weighted by molar-refractivity contribution is -0.123. The average molecular weight is 200 g/mol. The molecule has 1 fully saturated rings. The molecule has 74 valence electrons. The van der Waals surface area contributed by atoms with Crippen LogP contribution in [0.4, 0.5) is 0 Å². The molecule has 13 heavy (non-hydrogen) atoms. The normalized spacial score (nSPS) is 18.8. The van der Waals surface area contributed by atoms with Crippen molar-refractivity contribution in [1.82, 2.24) is 5.32 Å². The average Bonchev–Trinajstić information content (AvgIpc) is 1.95. The van der Waals surface area contributed by atoms with Crippen molar-refractivity contribution in [2.24, 2.45) is 5.73 Å². The van der Waals surface area contributed by atoms with Gasteiger partial charge in [0.2, 0.25) is 5.91 Å². The summed E-state index contributed by atoms with van der Waals surface area (Å²) in [5, 5.41) is 3.00. The maximum absolute atomic E-state index is 11.3. The van der Waals surface area contributed by atoms with E-state index < -0.39 is 0 Å². The van der Waals surface area contributed by atoms with Crippen molar-refractivity contribution in [2.45, 2.75) is 44.6 Å². The molecule has 1 amide bonds. The zero-order valence-corrected chi connectivity index (χ0v) is 8.75. The Morgan fingerprint density at radius 1 is 1.62 bits per heavy atom. The molecule has 0 radical (unpaired) electrons. The first-order valence-electron chi connectivity index (χ1n) is 4.67. The van der Waals surface area contributed by atoms with Gasteiger partial charge in [0.1, 0.15) is 0 Å². The standard InChI is InChI=1S/C9H16N2OS/c1-2-9(4-3-5-9)11-8(12)6-7(10)13/h2-6H2,1H3,(H2,10,13)(H,11,12). The molecule has 1 rings (SSSR count). The Morgan fingerprint density at radius 2 is 2.23 bits per heavy atom. The topological polar surface area (TPSA) is 55.1 Å². The lowest BCUT2D eigenvalue weighted by Crippen LogP contribution is -2.53. The minimum Gasteiger partial charge on any atom is -0.393 e. The zero-order valence-electron chi connectivity index (χ0n) is 7.93. The van der Waals surface area contributed by atoms with Crippen LogP contribution in [0.3, 0.4) is 0 Å². The smallest absolute Gasteiger partial charge is 0.227 e. The summed E-state index contributed by atoms with van der Waals surface area (Å²) in [6, 6.07) is 0. The predicted octanol–water partition coefficient (Wildman–Crippen LogP) is 1.11. The highest BCUT2D eigenvalue weighted by Crippen LogP contribution is 2.34. The van der Waals surface area contributed by atoms with Gasteiger partial charge in [0.15, 0.2) is 0 Å². The molecule has 0 atom stereocenters. The SMILES string of the molecule is CCC1(NC(=O)CC(N)=S)CCC1. The van der Waals surface area contributed by atoms with Crippen LogP contribution >= 0.6 is 12.2 Å². The number of carbonyl (C=O) groups is 1. The van der Waals surface area contributed by atoms with Crippen LogP contribution in [-0.4, -0.2) is 16.4 Å². The molecular weight excluding hydrogens is 184 g/mol. The van der Waals surface area contributed by atoms with Gasteiger partial charge in [-0.2, -0.15) is 0 Å². The van der Waals surface area contributed by atoms with Crippen LogP contribution in [0.2, 0.25) is 0 Å². The highest BCUT2D eigenvalue weighted by molar-refractivity contribution is 7.80. The van der Waals surface area contributed by atoms with Crippen LogP contribution in [-0.2, 0) is 4.79 Å². The molecule has 4 heteroatoms. The Bertz CT molecular complexity index is 218. The van der Waals surface area contributed by atoms with Crippen molar-refractivity contribution in [3.05, 3.63) is 0 Å². The molecule has 0 bridgehead atoms. The molecule has 0 aromatic carbocycles. The third kappa shape index (κ3) is 2.66. The molecule has 0 saturated heterocycles. The first-order valence-corrected chi connectivity index (χ1v) is 5.08. The van der Waals surface area contributed by atoms with Crippen LogP contribution in [0.5, 0.6) is 0 Å². The Labute approximate surface area is 84.1 Å². The Balaban J connectivity index is 2.38. The molecule has 1 saturated carbocycles. The van der Waals surface area contributed by atoms with Crippen molar-refractivity contribution >= 4 is 23.1 Å². The van der Waals surface area contributed by atoms with Crippen molar-refractivity contribution in [2.75, 3.05) is 0 Å². The Hall–Kier alpha value is -0.640. The lowest BCUT2D eigenvalue weighted by atomic mass is 9.75. The van der Waals surface area contributed by atoms with E-state index in [0.29, 0.717) is 0 Å². The van der Waals surface area contributed by atoms with Crippen molar-refractivity contribution in [3.63, 3.8) is 0 Å². The van der Waals surface area contributed by atoms with E-state index in [2.05, 4.69) is 24.5 Å². The van der Waals surface area contributed by atoms with Crippen molar-refractivity contribution in [3.8, 4) is 0 Å². The largest absolute Gasteiger partial charge is 0.393 e. The number of nitrogens with one attached hydrogen (secondary N) is 1. The fourth-order valence-corrected chi connectivity index (χ4v) is 1.80. The van der Waals surface area contributed by atoms with Gasteiger partial charge in [-0.1, -0.05) is 19.1 Å². The van der Waals surface area contributed by atoms with Crippen LogP contribution < -0.4 is 11.1 Å². The van der Waals surface area contributed by atoms with Crippen molar-refractivity contribution < 1.29 is 4.79 Å². The number of carbonyl (C=O) groups excluding carboxylic acids is 1. The highest BCUT2D eigenvalue weighted by Gasteiger charge is 2.36. The summed E-state index contributed by atoms with van der Waals surface area (Å²) in [5.41, 5.74) is 5.34. The number of nitrogens with two attached hydrogens (primary N) is 1. The van der Waals surface area contributed by atoms with E-state index in [4.69, 9.17) is 5.73 Å². The van der Waals surface area contributed by atoms with Crippen LogP contribution in [0, 0.1) is 0 Å². The lowest BCUT2D eigenvalue weighted by Gasteiger charge is -2.42. The molecule has 0 aliphatic heterocycles. The number of hydrogen-bond donors (Lipinski definition) is 2. The maximum atomic E-state index is 11.3. The Kier molecular flexibility index (Phi) is 3.25. The molecule has 0 spiro atoms. The molecule has 3 N–H and O–H groups in total. The minimum atomic E-state index is -0.0333. The summed E-state index contributed by atoms with van der Waals surface area (Å²) in [6.45, 7) is 2.10. The van der Waals surface area contributed by atoms with E-state index in [1.165, 1.54) is 6.42 Å². The van der Waals surface area contributed by atoms with E-state index >= 15 is 0 Å². The molecule has 1 aliphatic rings. The third-order valence-electron chi connectivity index (χ3n) is 2.73. The number of thiocarbonyl (C=S) groups is 1. The van der Waals surface area contributed by atoms with Crippen molar-refractivity contribution in [1.29, 1.82) is 0 Å². The van der Waals surface area contributed by atoms with E-state index in [1.54, 1.807) is 0 Å².